The average molecular weight is 423 g/mol. The minimum atomic E-state index is -1.27. The number of aromatic hydroxyl groups is 1. The summed E-state index contributed by atoms with van der Waals surface area (Å²) in [7, 11) is 2.96. The molecule has 0 amide bonds. The molecule has 0 saturated carbocycles. The van der Waals surface area contributed by atoms with E-state index in [1.54, 1.807) is 6.92 Å². The van der Waals surface area contributed by atoms with Crippen molar-refractivity contribution in [3.05, 3.63) is 68.9 Å². The Morgan fingerprint density at radius 3 is 2.45 bits per heavy atom. The topological polar surface area (TPSA) is 65.7 Å². The maximum Gasteiger partial charge on any atom is 0.173 e. The second-order valence-electron chi connectivity index (χ2n) is 8.48. The van der Waals surface area contributed by atoms with E-state index >= 15 is 4.39 Å². The molecule has 6 heteroatoms. The van der Waals surface area contributed by atoms with E-state index in [-0.39, 0.29) is 17.6 Å². The van der Waals surface area contributed by atoms with Gasteiger partial charge in [-0.25, -0.2) is 4.39 Å². The van der Waals surface area contributed by atoms with Crippen molar-refractivity contribution in [2.24, 2.45) is 0 Å². The fraction of sp³-hybridized carbons (Fsp3) is 0.400. The van der Waals surface area contributed by atoms with E-state index < -0.39 is 5.60 Å². The number of phenols is 1. The maximum atomic E-state index is 15.6. The van der Waals surface area contributed by atoms with Crippen LogP contribution in [-0.2, 0) is 9.47 Å². The molecule has 2 heterocycles. The third-order valence-electron chi connectivity index (χ3n) is 6.83. The van der Waals surface area contributed by atoms with Crippen molar-refractivity contribution < 1.29 is 19.0 Å². The average Bonchev–Trinajstić information content (AvgIpc) is 3.05. The van der Waals surface area contributed by atoms with Gasteiger partial charge in [0.25, 0.3) is 0 Å². The van der Waals surface area contributed by atoms with E-state index in [1.165, 1.54) is 14.2 Å². The number of fused-ring (bicyclic) bond motifs is 2. The molecule has 5 nitrogen and oxygen atoms in total. The summed E-state index contributed by atoms with van der Waals surface area (Å²) < 4.78 is 26.6. The summed E-state index contributed by atoms with van der Waals surface area (Å²) in [6.45, 7) is 8.02. The molecule has 2 atom stereocenters. The number of hydrogen-bond acceptors (Lipinski definition) is 5. The van der Waals surface area contributed by atoms with E-state index in [1.807, 2.05) is 32.1 Å². The molecule has 0 spiro atoms. The number of benzene rings is 1. The summed E-state index contributed by atoms with van der Waals surface area (Å²) in [4.78, 5) is 2.16. The zero-order valence-corrected chi connectivity index (χ0v) is 18.8. The van der Waals surface area contributed by atoms with Crippen molar-refractivity contribution in [1.29, 1.82) is 5.26 Å². The van der Waals surface area contributed by atoms with Crippen molar-refractivity contribution in [3.63, 3.8) is 0 Å². The molecule has 31 heavy (non-hydrogen) atoms. The quantitative estimate of drug-likeness (QED) is 0.757. The molecule has 0 saturated heterocycles. The zero-order chi connectivity index (χ0) is 22.7. The minimum Gasteiger partial charge on any atom is -0.507 e. The third-order valence-corrected chi connectivity index (χ3v) is 6.83. The molecule has 4 rings (SSSR count). The lowest BCUT2D eigenvalue weighted by Gasteiger charge is -2.39. The summed E-state index contributed by atoms with van der Waals surface area (Å²) >= 11 is 0. The Morgan fingerprint density at radius 2 is 1.90 bits per heavy atom. The predicted octanol–water partition coefficient (Wildman–Crippen LogP) is 4.82. The number of rotatable bonds is 3. The van der Waals surface area contributed by atoms with Crippen LogP contribution in [0, 0.1) is 25.2 Å². The van der Waals surface area contributed by atoms with Gasteiger partial charge >= 0.3 is 0 Å². The summed E-state index contributed by atoms with van der Waals surface area (Å²) in [6, 6.07) is 6.14. The number of nitriles is 1. The van der Waals surface area contributed by atoms with Crippen molar-refractivity contribution in [3.8, 4) is 11.8 Å². The van der Waals surface area contributed by atoms with Crippen LogP contribution in [0.3, 0.4) is 0 Å². The largest absolute Gasteiger partial charge is 0.507 e. The van der Waals surface area contributed by atoms with Crippen molar-refractivity contribution in [2.45, 2.75) is 45.8 Å². The molecule has 1 aromatic carbocycles. The van der Waals surface area contributed by atoms with Gasteiger partial charge in [-0.1, -0.05) is 0 Å². The number of ether oxygens (including phenoxy) is 2. The van der Waals surface area contributed by atoms with Crippen LogP contribution in [0.2, 0.25) is 0 Å². The fourth-order valence-corrected chi connectivity index (χ4v) is 5.04. The Hall–Kier alpha value is -3.04. The number of hydrogen-bond donors (Lipinski definition) is 1. The first kappa shape index (κ1) is 21.2. The molecular weight excluding hydrogens is 395 g/mol. The highest BCUT2D eigenvalue weighted by atomic mass is 19.1. The smallest absolute Gasteiger partial charge is 0.173 e. The molecular formula is C25H27FN2O3. The molecule has 0 aromatic heterocycles. The summed E-state index contributed by atoms with van der Waals surface area (Å²) in [5.41, 5.74) is 4.56. The second-order valence-corrected chi connectivity index (χ2v) is 8.48. The molecule has 0 bridgehead atoms. The van der Waals surface area contributed by atoms with E-state index in [0.717, 1.165) is 28.0 Å². The van der Waals surface area contributed by atoms with Crippen molar-refractivity contribution in [1.82, 2.24) is 4.90 Å². The molecule has 1 N–H and O–H groups in total. The van der Waals surface area contributed by atoms with Crippen LogP contribution in [0.1, 0.15) is 37.0 Å². The van der Waals surface area contributed by atoms with Gasteiger partial charge in [0.2, 0.25) is 0 Å². The van der Waals surface area contributed by atoms with Gasteiger partial charge in [-0.3, -0.25) is 0 Å². The second kappa shape index (κ2) is 7.28. The van der Waals surface area contributed by atoms with E-state index in [4.69, 9.17) is 9.47 Å². The van der Waals surface area contributed by atoms with Crippen molar-refractivity contribution in [2.75, 3.05) is 20.8 Å². The van der Waals surface area contributed by atoms with Crippen LogP contribution in [0.4, 0.5) is 4.39 Å². The van der Waals surface area contributed by atoms with E-state index in [0.29, 0.717) is 35.4 Å². The van der Waals surface area contributed by atoms with Gasteiger partial charge in [-0.2, -0.15) is 5.26 Å². The summed E-state index contributed by atoms with van der Waals surface area (Å²) in [5, 5.41) is 20.4. The maximum absolute atomic E-state index is 15.6. The van der Waals surface area contributed by atoms with E-state index in [2.05, 4.69) is 17.9 Å². The minimum absolute atomic E-state index is 0.0553. The van der Waals surface area contributed by atoms with E-state index in [9.17, 15) is 10.4 Å². The lowest BCUT2D eigenvalue weighted by Crippen LogP contribution is -2.39. The molecule has 1 aromatic rings. The van der Waals surface area contributed by atoms with Gasteiger partial charge in [0.05, 0.1) is 24.4 Å². The standard InChI is InChI=1S/C25H27FN2O3/c1-13-9-16(10-14(2)23(13)29)21-15(3)28-8-7-17-18(22(28)19(21)12-27)11-20(30-5)25(4,31-6)24(17)26/h9-11,15,29H,7-8H2,1-6H3. The highest BCUT2D eigenvalue weighted by Crippen LogP contribution is 2.50. The molecule has 162 valence electrons. The number of halogens is 1. The number of nitrogens with zero attached hydrogens (tertiary/aromatic N) is 2. The van der Waals surface area contributed by atoms with Crippen LogP contribution >= 0.6 is 0 Å². The highest BCUT2D eigenvalue weighted by molar-refractivity contribution is 5.85. The van der Waals surface area contributed by atoms with Crippen molar-refractivity contribution >= 4 is 5.57 Å². The molecule has 0 radical (unpaired) electrons. The first-order valence-corrected chi connectivity index (χ1v) is 10.4. The van der Waals surface area contributed by atoms with Gasteiger partial charge in [0.15, 0.2) is 5.60 Å². The molecule has 3 aliphatic rings. The fourth-order valence-electron chi connectivity index (χ4n) is 5.04. The van der Waals surface area contributed by atoms with Crippen LogP contribution in [0.5, 0.6) is 5.75 Å². The van der Waals surface area contributed by atoms with Gasteiger partial charge in [0.1, 0.15) is 23.4 Å². The SMILES string of the molecule is COC1=CC2=C3C(C#N)=C(c4cc(C)c(O)c(C)c4)C(C)N3CCC2=C(F)C1(C)OC. The van der Waals surface area contributed by atoms with Crippen LogP contribution < -0.4 is 0 Å². The number of methoxy groups -OCH3 is 2. The normalized spacial score (nSPS) is 25.4. The Kier molecular flexibility index (Phi) is 4.98. The third kappa shape index (κ3) is 2.84. The number of phenolic OH excluding ortho intramolecular Hbond substituents is 1. The van der Waals surface area contributed by atoms with Crippen LogP contribution in [-0.4, -0.2) is 42.4 Å². The molecule has 2 unspecified atom stereocenters. The molecule has 2 aliphatic heterocycles. The predicted molar refractivity (Wildman–Crippen MR) is 117 cm³/mol. The Labute approximate surface area is 182 Å². The van der Waals surface area contributed by atoms with Gasteiger partial charge in [-0.15, -0.1) is 0 Å². The highest BCUT2D eigenvalue weighted by Gasteiger charge is 2.46. The Morgan fingerprint density at radius 1 is 1.26 bits per heavy atom. The van der Waals surface area contributed by atoms with Crippen LogP contribution in [0.25, 0.3) is 5.57 Å². The number of allylic oxidation sites excluding steroid dienone is 3. The van der Waals surface area contributed by atoms with Gasteiger partial charge in [-0.05, 0) is 74.6 Å². The van der Waals surface area contributed by atoms with Crippen LogP contribution in [0.15, 0.2) is 52.2 Å². The lowest BCUT2D eigenvalue weighted by atomic mass is 9.82. The zero-order valence-electron chi connectivity index (χ0n) is 18.8. The molecule has 1 aliphatic carbocycles. The summed E-state index contributed by atoms with van der Waals surface area (Å²) in [6.07, 6.45) is 2.32. The lowest BCUT2D eigenvalue weighted by molar-refractivity contribution is 0.00463. The Bertz CT molecular complexity index is 1130. The summed E-state index contributed by atoms with van der Waals surface area (Å²) in [5.74, 6) is 0.265. The Balaban J connectivity index is 2.01. The molecule has 0 fully saturated rings. The van der Waals surface area contributed by atoms with Gasteiger partial charge < -0.3 is 19.5 Å². The van der Waals surface area contributed by atoms with Gasteiger partial charge in [0, 0.05) is 24.8 Å². The first-order chi connectivity index (χ1) is 14.7. The number of aryl methyl sites for hydroxylation is 2. The first-order valence-electron chi connectivity index (χ1n) is 10.4. The monoisotopic (exact) mass is 422 g/mol.